The smallest absolute Gasteiger partial charge is 0.338 e. The summed E-state index contributed by atoms with van der Waals surface area (Å²) in [6.07, 6.45) is 0.208. The van der Waals surface area contributed by atoms with Gasteiger partial charge in [-0.15, -0.1) is 0 Å². The summed E-state index contributed by atoms with van der Waals surface area (Å²) < 4.78 is 10.6. The molecule has 2 N–H and O–H groups in total. The minimum atomic E-state index is -0.727. The van der Waals surface area contributed by atoms with Crippen LogP contribution in [0.15, 0.2) is 24.3 Å². The van der Waals surface area contributed by atoms with Gasteiger partial charge in [-0.3, -0.25) is 0 Å². The molecule has 0 aliphatic carbocycles. The van der Waals surface area contributed by atoms with Gasteiger partial charge in [-0.05, 0) is 51.5 Å². The number of carbonyl (C=O) groups excluding carboxylic acids is 1. The quantitative estimate of drug-likeness (QED) is 0.722. The van der Waals surface area contributed by atoms with Crippen LogP contribution in [0.5, 0.6) is 5.75 Å². The first-order chi connectivity index (χ1) is 10.3. The molecule has 1 aromatic carbocycles. The molecule has 22 heavy (non-hydrogen) atoms. The summed E-state index contributed by atoms with van der Waals surface area (Å²) in [5.74, 6) is 0.282. The maximum Gasteiger partial charge on any atom is 0.338 e. The first kappa shape index (κ1) is 18.5. The molecule has 0 bridgehead atoms. The molecule has 0 saturated carbocycles. The molecule has 0 fully saturated rings. The summed E-state index contributed by atoms with van der Waals surface area (Å²) in [5.41, 5.74) is 0.360. The predicted octanol–water partition coefficient (Wildman–Crippen LogP) is 2.38. The van der Waals surface area contributed by atoms with E-state index in [0.29, 0.717) is 18.7 Å². The standard InChI is InChI=1S/C17H27NO4/c1-5-10-21-15-8-6-13(7-9-15)16(20)22-12-14(19)11-18-17(2,3)4/h6-9,14,18-19H,5,10-12H2,1-4H3/t14-/m0/s1. The van der Waals surface area contributed by atoms with E-state index in [2.05, 4.69) is 5.32 Å². The van der Waals surface area contributed by atoms with E-state index in [0.717, 1.165) is 12.2 Å². The minimum Gasteiger partial charge on any atom is -0.494 e. The third-order valence-electron chi connectivity index (χ3n) is 2.84. The summed E-state index contributed by atoms with van der Waals surface area (Å²) in [5, 5.41) is 12.9. The topological polar surface area (TPSA) is 67.8 Å². The second-order valence-electron chi connectivity index (χ2n) is 6.26. The Hall–Kier alpha value is -1.59. The highest BCUT2D eigenvalue weighted by Crippen LogP contribution is 2.13. The van der Waals surface area contributed by atoms with Gasteiger partial charge in [0, 0.05) is 12.1 Å². The number of carbonyl (C=O) groups is 1. The lowest BCUT2D eigenvalue weighted by Crippen LogP contribution is -2.42. The number of nitrogens with one attached hydrogen (secondary N) is 1. The Kier molecular flexibility index (Phi) is 7.35. The summed E-state index contributed by atoms with van der Waals surface area (Å²) in [4.78, 5) is 11.9. The zero-order valence-corrected chi connectivity index (χ0v) is 13.9. The third kappa shape index (κ3) is 7.43. The summed E-state index contributed by atoms with van der Waals surface area (Å²) >= 11 is 0. The number of benzene rings is 1. The Bertz CT molecular complexity index is 451. The van der Waals surface area contributed by atoms with E-state index in [4.69, 9.17) is 9.47 Å². The van der Waals surface area contributed by atoms with Crippen molar-refractivity contribution in [1.29, 1.82) is 0 Å². The Morgan fingerprint density at radius 3 is 2.45 bits per heavy atom. The molecule has 0 aromatic heterocycles. The SMILES string of the molecule is CCCOc1ccc(C(=O)OC[C@@H](O)CNC(C)(C)C)cc1. The lowest BCUT2D eigenvalue weighted by atomic mass is 10.1. The highest BCUT2D eigenvalue weighted by molar-refractivity contribution is 5.89. The zero-order valence-electron chi connectivity index (χ0n) is 13.9. The van der Waals surface area contributed by atoms with Crippen molar-refractivity contribution in [3.63, 3.8) is 0 Å². The van der Waals surface area contributed by atoms with Gasteiger partial charge < -0.3 is 19.9 Å². The Morgan fingerprint density at radius 2 is 1.91 bits per heavy atom. The van der Waals surface area contributed by atoms with E-state index in [-0.39, 0.29) is 12.1 Å². The zero-order chi connectivity index (χ0) is 16.6. The summed E-state index contributed by atoms with van der Waals surface area (Å²) in [6, 6.07) is 6.80. The molecule has 0 aliphatic rings. The van der Waals surface area contributed by atoms with Gasteiger partial charge in [-0.1, -0.05) is 6.92 Å². The fourth-order valence-corrected chi connectivity index (χ4v) is 1.65. The van der Waals surface area contributed by atoms with Gasteiger partial charge in [0.15, 0.2) is 0 Å². The Labute approximate surface area is 132 Å². The van der Waals surface area contributed by atoms with Crippen molar-refractivity contribution < 1.29 is 19.4 Å². The van der Waals surface area contributed by atoms with Gasteiger partial charge in [0.05, 0.1) is 12.2 Å². The normalized spacial score (nSPS) is 12.8. The molecule has 0 spiro atoms. The second kappa shape index (κ2) is 8.76. The van der Waals surface area contributed by atoms with Crippen molar-refractivity contribution in [1.82, 2.24) is 5.32 Å². The fraction of sp³-hybridized carbons (Fsp3) is 0.588. The lowest BCUT2D eigenvalue weighted by molar-refractivity contribution is 0.0247. The molecule has 1 rings (SSSR count). The lowest BCUT2D eigenvalue weighted by Gasteiger charge is -2.22. The van der Waals surface area contributed by atoms with Crippen molar-refractivity contribution in [2.24, 2.45) is 0 Å². The molecule has 0 unspecified atom stereocenters. The number of β-amino-alcohol motifs (C(OH)–C–C–N with tert-alkyl or cyclic N) is 1. The van der Waals surface area contributed by atoms with Crippen LogP contribution >= 0.6 is 0 Å². The number of aliphatic hydroxyl groups excluding tert-OH is 1. The van der Waals surface area contributed by atoms with E-state index in [1.165, 1.54) is 0 Å². The molecule has 1 aromatic rings. The largest absolute Gasteiger partial charge is 0.494 e. The third-order valence-corrected chi connectivity index (χ3v) is 2.84. The Morgan fingerprint density at radius 1 is 1.27 bits per heavy atom. The fourth-order valence-electron chi connectivity index (χ4n) is 1.65. The molecule has 124 valence electrons. The Balaban J connectivity index is 2.38. The van der Waals surface area contributed by atoms with Crippen LogP contribution in [0.3, 0.4) is 0 Å². The van der Waals surface area contributed by atoms with Gasteiger partial charge in [-0.2, -0.15) is 0 Å². The number of aliphatic hydroxyl groups is 1. The van der Waals surface area contributed by atoms with E-state index in [1.54, 1.807) is 24.3 Å². The van der Waals surface area contributed by atoms with E-state index < -0.39 is 12.1 Å². The molecular weight excluding hydrogens is 282 g/mol. The van der Waals surface area contributed by atoms with Gasteiger partial charge in [0.25, 0.3) is 0 Å². The van der Waals surface area contributed by atoms with Crippen molar-refractivity contribution in [2.75, 3.05) is 19.8 Å². The molecule has 5 nitrogen and oxygen atoms in total. The van der Waals surface area contributed by atoms with Crippen molar-refractivity contribution in [3.8, 4) is 5.75 Å². The second-order valence-corrected chi connectivity index (χ2v) is 6.26. The minimum absolute atomic E-state index is 0.0317. The maximum absolute atomic E-state index is 11.9. The van der Waals surface area contributed by atoms with Crippen LogP contribution in [-0.2, 0) is 4.74 Å². The van der Waals surface area contributed by atoms with Crippen LogP contribution < -0.4 is 10.1 Å². The van der Waals surface area contributed by atoms with Gasteiger partial charge in [-0.25, -0.2) is 4.79 Å². The summed E-state index contributed by atoms with van der Waals surface area (Å²) in [6.45, 7) is 9.05. The van der Waals surface area contributed by atoms with Crippen LogP contribution in [0.1, 0.15) is 44.5 Å². The van der Waals surface area contributed by atoms with Crippen LogP contribution in [0.4, 0.5) is 0 Å². The van der Waals surface area contributed by atoms with E-state index in [9.17, 15) is 9.90 Å². The van der Waals surface area contributed by atoms with E-state index >= 15 is 0 Å². The number of rotatable bonds is 8. The molecule has 0 aliphatic heterocycles. The van der Waals surface area contributed by atoms with Crippen LogP contribution in [0, 0.1) is 0 Å². The first-order valence-corrected chi connectivity index (χ1v) is 7.65. The average Bonchev–Trinajstić information content (AvgIpc) is 2.48. The number of esters is 1. The van der Waals surface area contributed by atoms with Gasteiger partial charge in [0.2, 0.25) is 0 Å². The molecule has 0 amide bonds. The van der Waals surface area contributed by atoms with Crippen LogP contribution in [0.2, 0.25) is 0 Å². The van der Waals surface area contributed by atoms with Crippen molar-refractivity contribution >= 4 is 5.97 Å². The van der Waals surface area contributed by atoms with Gasteiger partial charge in [0.1, 0.15) is 18.5 Å². The number of hydrogen-bond acceptors (Lipinski definition) is 5. The highest BCUT2D eigenvalue weighted by Gasteiger charge is 2.14. The predicted molar refractivity (Wildman–Crippen MR) is 86.3 cm³/mol. The molecular formula is C17H27NO4. The maximum atomic E-state index is 11.9. The van der Waals surface area contributed by atoms with E-state index in [1.807, 2.05) is 27.7 Å². The molecule has 0 heterocycles. The highest BCUT2D eigenvalue weighted by atomic mass is 16.5. The molecule has 1 atom stereocenters. The number of hydrogen-bond donors (Lipinski definition) is 2. The van der Waals surface area contributed by atoms with Crippen molar-refractivity contribution in [3.05, 3.63) is 29.8 Å². The number of ether oxygens (including phenoxy) is 2. The first-order valence-electron chi connectivity index (χ1n) is 7.65. The molecule has 0 radical (unpaired) electrons. The van der Waals surface area contributed by atoms with Gasteiger partial charge >= 0.3 is 5.97 Å². The van der Waals surface area contributed by atoms with Crippen molar-refractivity contribution in [2.45, 2.75) is 45.8 Å². The summed E-state index contributed by atoms with van der Waals surface area (Å²) in [7, 11) is 0. The average molecular weight is 309 g/mol. The monoisotopic (exact) mass is 309 g/mol. The molecule has 0 saturated heterocycles. The van der Waals surface area contributed by atoms with Crippen LogP contribution in [-0.4, -0.2) is 42.5 Å². The van der Waals surface area contributed by atoms with Crippen LogP contribution in [0.25, 0.3) is 0 Å². The molecule has 5 heteroatoms.